The number of para-hydroxylation sites is 1. The lowest BCUT2D eigenvalue weighted by Crippen LogP contribution is -2.34. The van der Waals surface area contributed by atoms with E-state index in [1.807, 2.05) is 30.3 Å². The van der Waals surface area contributed by atoms with Crippen LogP contribution in [0.5, 0.6) is 0 Å². The molecule has 0 aliphatic heterocycles. The fraction of sp³-hybridized carbons (Fsp3) is 0.263. The van der Waals surface area contributed by atoms with E-state index in [1.165, 1.54) is 11.8 Å². The molecule has 0 unspecified atom stereocenters. The first kappa shape index (κ1) is 16.9. The van der Waals surface area contributed by atoms with Gasteiger partial charge in [-0.3, -0.25) is 9.59 Å². The van der Waals surface area contributed by atoms with Crippen LogP contribution in [-0.2, 0) is 4.79 Å². The van der Waals surface area contributed by atoms with E-state index in [2.05, 4.69) is 0 Å². The molecule has 2 aromatic rings. The van der Waals surface area contributed by atoms with Crippen LogP contribution in [0.2, 0.25) is 0 Å². The Bertz CT molecular complexity index is 680. The molecular formula is C19H21NO3. The molecule has 23 heavy (non-hydrogen) atoms. The van der Waals surface area contributed by atoms with Crippen LogP contribution in [0.3, 0.4) is 0 Å². The third-order valence-corrected chi connectivity index (χ3v) is 4.00. The number of Topliss-reactive ketones (excluding diaryl/α,β-unsaturated/α-hetero) is 1. The lowest BCUT2D eigenvalue weighted by atomic mass is 9.95. The van der Waals surface area contributed by atoms with Gasteiger partial charge in [-0.1, -0.05) is 49.4 Å². The summed E-state index contributed by atoms with van der Waals surface area (Å²) in [4.78, 5) is 25.4. The van der Waals surface area contributed by atoms with Crippen molar-refractivity contribution in [2.45, 2.75) is 20.0 Å². The number of benzene rings is 2. The zero-order valence-electron chi connectivity index (χ0n) is 13.6. The minimum Gasteiger partial charge on any atom is -0.388 e. The van der Waals surface area contributed by atoms with Crippen LogP contribution in [0.15, 0.2) is 54.6 Å². The summed E-state index contributed by atoms with van der Waals surface area (Å²) < 4.78 is 0. The molecule has 0 saturated heterocycles. The van der Waals surface area contributed by atoms with Gasteiger partial charge in [0.15, 0.2) is 5.78 Å². The molecule has 0 heterocycles. The number of carbonyl (C=O) groups is 2. The van der Waals surface area contributed by atoms with Crippen molar-refractivity contribution >= 4 is 17.4 Å². The van der Waals surface area contributed by atoms with Crippen molar-refractivity contribution in [2.75, 3.05) is 11.9 Å². The van der Waals surface area contributed by atoms with Gasteiger partial charge in [-0.05, 0) is 24.6 Å². The lowest BCUT2D eigenvalue weighted by Gasteiger charge is -2.25. The van der Waals surface area contributed by atoms with E-state index >= 15 is 0 Å². The molecule has 0 aliphatic carbocycles. The smallest absolute Gasteiger partial charge is 0.232 e. The number of ketones is 1. The van der Waals surface area contributed by atoms with Crippen LogP contribution in [0.1, 0.15) is 35.9 Å². The number of amides is 1. The molecule has 4 heteroatoms. The van der Waals surface area contributed by atoms with Crippen LogP contribution in [-0.4, -0.2) is 23.8 Å². The maximum atomic E-state index is 12.5. The number of aliphatic hydroxyl groups excluding tert-OH is 1. The topological polar surface area (TPSA) is 57.6 Å². The second kappa shape index (κ2) is 7.20. The summed E-state index contributed by atoms with van der Waals surface area (Å²) in [6.07, 6.45) is -0.922. The van der Waals surface area contributed by atoms with Gasteiger partial charge in [-0.25, -0.2) is 0 Å². The summed E-state index contributed by atoms with van der Waals surface area (Å²) in [5.74, 6) is -0.790. The highest BCUT2D eigenvalue weighted by Gasteiger charge is 2.26. The highest BCUT2D eigenvalue weighted by atomic mass is 16.3. The first-order valence-corrected chi connectivity index (χ1v) is 7.53. The number of anilines is 1. The average Bonchev–Trinajstić information content (AvgIpc) is 2.60. The minimum atomic E-state index is -0.922. The van der Waals surface area contributed by atoms with E-state index < -0.39 is 12.0 Å². The van der Waals surface area contributed by atoms with Gasteiger partial charge in [-0.15, -0.1) is 0 Å². The Morgan fingerprint density at radius 3 is 2.09 bits per heavy atom. The second-order valence-electron chi connectivity index (χ2n) is 5.64. The molecule has 0 aliphatic rings. The van der Waals surface area contributed by atoms with Gasteiger partial charge < -0.3 is 10.0 Å². The van der Waals surface area contributed by atoms with Gasteiger partial charge in [0.2, 0.25) is 5.91 Å². The summed E-state index contributed by atoms with van der Waals surface area (Å²) in [5.41, 5.74) is 1.99. The van der Waals surface area contributed by atoms with Crippen molar-refractivity contribution in [3.8, 4) is 0 Å². The number of aliphatic hydroxyl groups is 1. The highest BCUT2D eigenvalue weighted by molar-refractivity contribution is 5.95. The molecule has 4 nitrogen and oxygen atoms in total. The predicted molar refractivity (Wildman–Crippen MR) is 90.4 cm³/mol. The summed E-state index contributed by atoms with van der Waals surface area (Å²) in [5, 5.41) is 10.5. The maximum absolute atomic E-state index is 12.5. The molecule has 0 radical (unpaired) electrons. The normalized spacial score (nSPS) is 13.2. The van der Waals surface area contributed by atoms with Gasteiger partial charge in [0.1, 0.15) is 0 Å². The van der Waals surface area contributed by atoms with Crippen molar-refractivity contribution in [3.63, 3.8) is 0 Å². The van der Waals surface area contributed by atoms with Gasteiger partial charge in [-0.2, -0.15) is 0 Å². The van der Waals surface area contributed by atoms with Crippen molar-refractivity contribution in [2.24, 2.45) is 5.92 Å². The monoisotopic (exact) mass is 311 g/mol. The van der Waals surface area contributed by atoms with Crippen LogP contribution >= 0.6 is 0 Å². The van der Waals surface area contributed by atoms with E-state index in [-0.39, 0.29) is 11.7 Å². The van der Waals surface area contributed by atoms with E-state index in [1.54, 1.807) is 38.2 Å². The fourth-order valence-corrected chi connectivity index (χ4v) is 2.42. The number of carbonyl (C=O) groups excluding carboxylic acids is 2. The van der Waals surface area contributed by atoms with Crippen LogP contribution in [0.25, 0.3) is 0 Å². The third kappa shape index (κ3) is 3.85. The zero-order chi connectivity index (χ0) is 17.0. The SMILES string of the molecule is CC(=O)c1ccc([C@@H](O)[C@@H](C)C(=O)N(C)c2ccccc2)cc1. The number of hydrogen-bond donors (Lipinski definition) is 1. The Balaban J connectivity index is 2.13. The molecule has 2 atom stereocenters. The predicted octanol–water partition coefficient (Wildman–Crippen LogP) is 3.22. The van der Waals surface area contributed by atoms with E-state index in [4.69, 9.17) is 0 Å². The molecule has 2 aromatic carbocycles. The average molecular weight is 311 g/mol. The molecule has 1 amide bonds. The molecule has 0 spiro atoms. The van der Waals surface area contributed by atoms with Gasteiger partial charge in [0.25, 0.3) is 0 Å². The first-order chi connectivity index (χ1) is 10.9. The summed E-state index contributed by atoms with van der Waals surface area (Å²) in [6, 6.07) is 16.0. The third-order valence-electron chi connectivity index (χ3n) is 4.00. The molecular weight excluding hydrogens is 290 g/mol. The Hall–Kier alpha value is -2.46. The number of rotatable bonds is 5. The molecule has 0 saturated carbocycles. The highest BCUT2D eigenvalue weighted by Crippen LogP contribution is 2.25. The Morgan fingerprint density at radius 1 is 1.00 bits per heavy atom. The number of hydrogen-bond acceptors (Lipinski definition) is 3. The Morgan fingerprint density at radius 2 is 1.57 bits per heavy atom. The lowest BCUT2D eigenvalue weighted by molar-refractivity contribution is -0.125. The Kier molecular flexibility index (Phi) is 5.29. The van der Waals surface area contributed by atoms with Crippen LogP contribution in [0, 0.1) is 5.92 Å². The van der Waals surface area contributed by atoms with Crippen molar-refractivity contribution in [3.05, 3.63) is 65.7 Å². The molecule has 0 fully saturated rings. The van der Waals surface area contributed by atoms with Crippen molar-refractivity contribution in [1.29, 1.82) is 0 Å². The van der Waals surface area contributed by atoms with Gasteiger partial charge >= 0.3 is 0 Å². The molecule has 0 bridgehead atoms. The quantitative estimate of drug-likeness (QED) is 0.863. The number of nitrogens with zero attached hydrogens (tertiary/aromatic N) is 1. The summed E-state index contributed by atoms with van der Waals surface area (Å²) >= 11 is 0. The van der Waals surface area contributed by atoms with Crippen LogP contribution < -0.4 is 4.90 Å². The standard InChI is InChI=1S/C19H21NO3/c1-13(19(23)20(3)17-7-5-4-6-8-17)18(22)16-11-9-15(10-12-16)14(2)21/h4-13,18,22H,1-3H3/t13-,18+/m1/s1. The Labute approximate surface area is 136 Å². The van der Waals surface area contributed by atoms with Crippen LogP contribution in [0.4, 0.5) is 5.69 Å². The van der Waals surface area contributed by atoms with Gasteiger partial charge in [0.05, 0.1) is 12.0 Å². The molecule has 2 rings (SSSR count). The first-order valence-electron chi connectivity index (χ1n) is 7.53. The van der Waals surface area contributed by atoms with E-state index in [0.29, 0.717) is 11.1 Å². The zero-order valence-corrected chi connectivity index (χ0v) is 13.6. The largest absolute Gasteiger partial charge is 0.388 e. The van der Waals surface area contributed by atoms with Gasteiger partial charge in [0, 0.05) is 18.3 Å². The second-order valence-corrected chi connectivity index (χ2v) is 5.64. The summed E-state index contributed by atoms with van der Waals surface area (Å²) in [6.45, 7) is 3.19. The molecule has 1 N–H and O–H groups in total. The maximum Gasteiger partial charge on any atom is 0.232 e. The van der Waals surface area contributed by atoms with E-state index in [0.717, 1.165) is 5.69 Å². The van der Waals surface area contributed by atoms with Crippen molar-refractivity contribution in [1.82, 2.24) is 0 Å². The molecule has 0 aromatic heterocycles. The van der Waals surface area contributed by atoms with Crippen molar-refractivity contribution < 1.29 is 14.7 Å². The molecule has 120 valence electrons. The summed E-state index contributed by atoms with van der Waals surface area (Å²) in [7, 11) is 1.69. The fourth-order valence-electron chi connectivity index (χ4n) is 2.42. The minimum absolute atomic E-state index is 0.0287. The van der Waals surface area contributed by atoms with E-state index in [9.17, 15) is 14.7 Å².